The van der Waals surface area contributed by atoms with Gasteiger partial charge in [-0.2, -0.15) is 5.10 Å². The Bertz CT molecular complexity index is 1150. The number of benzene rings is 1. The minimum atomic E-state index is -0.204. The van der Waals surface area contributed by atoms with Crippen LogP contribution in [0.5, 0.6) is 5.75 Å². The molecule has 0 aliphatic carbocycles. The van der Waals surface area contributed by atoms with Crippen LogP contribution in [0.15, 0.2) is 36.8 Å². The number of anilines is 3. The van der Waals surface area contributed by atoms with Crippen LogP contribution < -0.4 is 15.4 Å². The fourth-order valence-electron chi connectivity index (χ4n) is 3.39. The molecular weight excluding hydrogens is 410 g/mol. The summed E-state index contributed by atoms with van der Waals surface area (Å²) in [7, 11) is 3.36. The smallest absolute Gasteiger partial charge is 0.323 e. The molecule has 1 aliphatic heterocycles. The van der Waals surface area contributed by atoms with Crippen LogP contribution >= 0.6 is 0 Å². The van der Waals surface area contributed by atoms with Crippen molar-refractivity contribution in [1.29, 1.82) is 0 Å². The molecule has 32 heavy (non-hydrogen) atoms. The Kier molecular flexibility index (Phi) is 6.02. The zero-order valence-electron chi connectivity index (χ0n) is 18.3. The van der Waals surface area contributed by atoms with Crippen molar-refractivity contribution in [3.05, 3.63) is 42.4 Å². The molecule has 2 amide bonds. The van der Waals surface area contributed by atoms with Crippen LogP contribution in [0.3, 0.4) is 0 Å². The standard InChI is InChI=1S/C22H25N7O3/c1-4-18(30)15-12-23-19(26-22(31)29-9-6-10-29)11-17(15)25-16-8-5-7-14(20(16)32-3)21-24-13-28(2)27-21/h5,7-8,11-13H,4,6,9-10H2,1-3H3,(H2,23,25,26,31). The number of carbonyl (C=O) groups excluding carboxylic acids is 2. The van der Waals surface area contributed by atoms with Gasteiger partial charge in [0, 0.05) is 38.8 Å². The van der Waals surface area contributed by atoms with Crippen LogP contribution in [0.2, 0.25) is 0 Å². The molecule has 1 fully saturated rings. The zero-order chi connectivity index (χ0) is 22.7. The van der Waals surface area contributed by atoms with Crippen LogP contribution in [0.25, 0.3) is 11.4 Å². The monoisotopic (exact) mass is 435 g/mol. The molecule has 0 spiro atoms. The van der Waals surface area contributed by atoms with Gasteiger partial charge in [-0.05, 0) is 18.6 Å². The quantitative estimate of drug-likeness (QED) is 0.546. The number of ether oxygens (including phenoxy) is 1. The number of likely N-dealkylation sites (tertiary alicyclic amines) is 1. The maximum Gasteiger partial charge on any atom is 0.323 e. The summed E-state index contributed by atoms with van der Waals surface area (Å²) in [5.74, 6) is 1.35. The Balaban J connectivity index is 1.69. The van der Waals surface area contributed by atoms with Gasteiger partial charge in [0.2, 0.25) is 0 Å². The topological polar surface area (TPSA) is 114 Å². The summed E-state index contributed by atoms with van der Waals surface area (Å²) in [6, 6.07) is 7.01. The van der Waals surface area contributed by atoms with E-state index in [9.17, 15) is 9.59 Å². The molecular formula is C22H25N7O3. The van der Waals surface area contributed by atoms with E-state index in [-0.39, 0.29) is 11.8 Å². The number of para-hydroxylation sites is 1. The molecule has 0 unspecified atom stereocenters. The summed E-state index contributed by atoms with van der Waals surface area (Å²) in [4.78, 5) is 35.1. The van der Waals surface area contributed by atoms with Crippen LogP contribution in [-0.2, 0) is 7.05 Å². The van der Waals surface area contributed by atoms with Crippen LogP contribution in [0.1, 0.15) is 30.1 Å². The molecule has 1 aliphatic rings. The minimum Gasteiger partial charge on any atom is -0.494 e. The number of urea groups is 1. The van der Waals surface area contributed by atoms with Crippen LogP contribution in [0.4, 0.5) is 22.0 Å². The summed E-state index contributed by atoms with van der Waals surface area (Å²) in [6.45, 7) is 3.25. The van der Waals surface area contributed by atoms with Gasteiger partial charge in [0.1, 0.15) is 12.1 Å². The van der Waals surface area contributed by atoms with E-state index < -0.39 is 0 Å². The van der Waals surface area contributed by atoms with Crippen molar-refractivity contribution < 1.29 is 14.3 Å². The van der Waals surface area contributed by atoms with Gasteiger partial charge in [-0.1, -0.05) is 13.0 Å². The second kappa shape index (κ2) is 9.04. The Hall–Kier alpha value is -3.95. The maximum absolute atomic E-state index is 12.5. The third-order valence-corrected chi connectivity index (χ3v) is 5.23. The van der Waals surface area contributed by atoms with Gasteiger partial charge in [-0.3, -0.25) is 14.8 Å². The molecule has 0 atom stereocenters. The highest BCUT2D eigenvalue weighted by Crippen LogP contribution is 2.37. The molecule has 2 N–H and O–H groups in total. The van der Waals surface area contributed by atoms with Crippen molar-refractivity contribution in [2.24, 2.45) is 7.05 Å². The third kappa shape index (κ3) is 4.25. The molecule has 10 heteroatoms. The number of rotatable bonds is 7. The number of methoxy groups -OCH3 is 1. The molecule has 10 nitrogen and oxygen atoms in total. The van der Waals surface area contributed by atoms with E-state index in [0.29, 0.717) is 46.3 Å². The minimum absolute atomic E-state index is 0.0675. The summed E-state index contributed by atoms with van der Waals surface area (Å²) in [5, 5.41) is 10.4. The average Bonchev–Trinajstić information content (AvgIpc) is 3.18. The summed E-state index contributed by atoms with van der Waals surface area (Å²) >= 11 is 0. The predicted octanol–water partition coefficient (Wildman–Crippen LogP) is 3.46. The number of aromatic nitrogens is 4. The second-order valence-corrected chi connectivity index (χ2v) is 7.42. The number of carbonyl (C=O) groups is 2. The van der Waals surface area contributed by atoms with E-state index in [1.165, 1.54) is 6.20 Å². The van der Waals surface area contributed by atoms with E-state index in [4.69, 9.17) is 4.74 Å². The lowest BCUT2D eigenvalue weighted by Crippen LogP contribution is -2.44. The van der Waals surface area contributed by atoms with Gasteiger partial charge in [0.25, 0.3) is 0 Å². The van der Waals surface area contributed by atoms with Crippen molar-refractivity contribution in [2.45, 2.75) is 19.8 Å². The molecule has 0 bridgehead atoms. The lowest BCUT2D eigenvalue weighted by Gasteiger charge is -2.30. The van der Waals surface area contributed by atoms with Crippen LogP contribution in [-0.4, -0.2) is 56.7 Å². The van der Waals surface area contributed by atoms with Crippen molar-refractivity contribution in [2.75, 3.05) is 30.8 Å². The Morgan fingerprint density at radius 2 is 2.00 bits per heavy atom. The third-order valence-electron chi connectivity index (χ3n) is 5.23. The Labute approximate surface area is 185 Å². The highest BCUT2D eigenvalue weighted by Gasteiger charge is 2.22. The first kappa shape index (κ1) is 21.3. The van der Waals surface area contributed by atoms with Gasteiger partial charge in [0.05, 0.1) is 29.6 Å². The highest BCUT2D eigenvalue weighted by atomic mass is 16.5. The SMILES string of the molecule is CCC(=O)c1cnc(NC(=O)N2CCC2)cc1Nc1cccc(-c2ncn(C)n2)c1OC. The van der Waals surface area contributed by atoms with E-state index in [2.05, 4.69) is 25.7 Å². The molecule has 4 rings (SSSR count). The highest BCUT2D eigenvalue weighted by molar-refractivity contribution is 6.02. The van der Waals surface area contributed by atoms with Gasteiger partial charge in [-0.25, -0.2) is 14.8 Å². The summed E-state index contributed by atoms with van der Waals surface area (Å²) in [5.41, 5.74) is 2.30. The lowest BCUT2D eigenvalue weighted by molar-refractivity contribution is 0.0988. The first-order valence-corrected chi connectivity index (χ1v) is 10.4. The predicted molar refractivity (Wildman–Crippen MR) is 120 cm³/mol. The zero-order valence-corrected chi connectivity index (χ0v) is 18.3. The maximum atomic E-state index is 12.5. The lowest BCUT2D eigenvalue weighted by atomic mass is 10.1. The van der Waals surface area contributed by atoms with Crippen molar-refractivity contribution >= 4 is 29.0 Å². The molecule has 3 aromatic rings. The van der Waals surface area contributed by atoms with E-state index in [1.807, 2.05) is 18.2 Å². The summed E-state index contributed by atoms with van der Waals surface area (Å²) < 4.78 is 7.27. The van der Waals surface area contributed by atoms with Gasteiger partial charge < -0.3 is 15.0 Å². The fourth-order valence-corrected chi connectivity index (χ4v) is 3.39. The molecule has 1 aromatic carbocycles. The number of nitrogens with one attached hydrogen (secondary N) is 2. The van der Waals surface area contributed by atoms with Gasteiger partial charge in [-0.15, -0.1) is 0 Å². The fraction of sp³-hybridized carbons (Fsp3) is 0.318. The number of aryl methyl sites for hydroxylation is 1. The van der Waals surface area contributed by atoms with Gasteiger partial charge in [0.15, 0.2) is 17.4 Å². The largest absolute Gasteiger partial charge is 0.494 e. The number of ketones is 1. The normalized spacial score (nSPS) is 12.8. The number of hydrogen-bond donors (Lipinski definition) is 2. The number of pyridine rings is 1. The number of amides is 2. The Morgan fingerprint density at radius 3 is 2.62 bits per heavy atom. The van der Waals surface area contributed by atoms with E-state index >= 15 is 0 Å². The number of Topliss-reactive ketones (excluding diaryl/α,β-unsaturated/α-hetero) is 1. The first-order valence-electron chi connectivity index (χ1n) is 10.4. The molecule has 0 saturated carbocycles. The Morgan fingerprint density at radius 1 is 1.19 bits per heavy atom. The molecule has 2 aromatic heterocycles. The first-order chi connectivity index (χ1) is 15.5. The average molecular weight is 435 g/mol. The second-order valence-electron chi connectivity index (χ2n) is 7.42. The number of nitrogens with zero attached hydrogens (tertiary/aromatic N) is 5. The van der Waals surface area contributed by atoms with Crippen molar-refractivity contribution in [1.82, 2.24) is 24.6 Å². The molecule has 0 radical (unpaired) electrons. The summed E-state index contributed by atoms with van der Waals surface area (Å²) in [6.07, 6.45) is 4.42. The van der Waals surface area contributed by atoms with Crippen molar-refractivity contribution in [3.63, 3.8) is 0 Å². The van der Waals surface area contributed by atoms with E-state index in [0.717, 1.165) is 19.5 Å². The van der Waals surface area contributed by atoms with Gasteiger partial charge >= 0.3 is 6.03 Å². The van der Waals surface area contributed by atoms with E-state index in [1.54, 1.807) is 43.1 Å². The van der Waals surface area contributed by atoms with Crippen molar-refractivity contribution in [3.8, 4) is 17.1 Å². The van der Waals surface area contributed by atoms with Crippen LogP contribution in [0, 0.1) is 0 Å². The molecule has 1 saturated heterocycles. The molecule has 166 valence electrons. The molecule has 3 heterocycles. The number of hydrogen-bond acceptors (Lipinski definition) is 7.